The Morgan fingerprint density at radius 3 is 1.67 bits per heavy atom. The van der Waals surface area contributed by atoms with Crippen LogP contribution in [0.1, 0.15) is 22.3 Å². The number of hydrogen-bond donors (Lipinski definition) is 1. The van der Waals surface area contributed by atoms with Crippen molar-refractivity contribution in [3.63, 3.8) is 0 Å². The van der Waals surface area contributed by atoms with Crippen LogP contribution < -0.4 is 10.5 Å². The number of nitrogens with two attached hydrogens (primary N) is 1. The SMILES string of the molecule is Nc1ccccc1-c1cccc2c1Oc1ccccc1C21c2ccccc2-c2ccccc21. The van der Waals surface area contributed by atoms with Gasteiger partial charge < -0.3 is 10.5 Å². The van der Waals surface area contributed by atoms with Crippen molar-refractivity contribution in [2.45, 2.75) is 5.41 Å². The quantitative estimate of drug-likeness (QED) is 0.279. The Morgan fingerprint density at radius 1 is 0.455 bits per heavy atom. The highest BCUT2D eigenvalue weighted by molar-refractivity contribution is 5.91. The van der Waals surface area contributed by atoms with E-state index in [4.69, 9.17) is 10.5 Å². The Kier molecular flexibility index (Phi) is 3.66. The molecule has 0 saturated heterocycles. The van der Waals surface area contributed by atoms with E-state index in [0.717, 1.165) is 33.9 Å². The summed E-state index contributed by atoms with van der Waals surface area (Å²) < 4.78 is 6.68. The van der Waals surface area contributed by atoms with Crippen LogP contribution in [-0.2, 0) is 5.41 Å². The second-order valence-corrected chi connectivity index (χ2v) is 8.71. The molecule has 0 aromatic heterocycles. The number of benzene rings is 5. The van der Waals surface area contributed by atoms with Gasteiger partial charge in [0.2, 0.25) is 0 Å². The van der Waals surface area contributed by atoms with E-state index in [2.05, 4.69) is 91.0 Å². The van der Waals surface area contributed by atoms with Gasteiger partial charge >= 0.3 is 0 Å². The molecule has 0 bridgehead atoms. The van der Waals surface area contributed by atoms with Gasteiger partial charge in [-0.3, -0.25) is 0 Å². The second-order valence-electron chi connectivity index (χ2n) is 8.71. The standard InChI is InChI=1S/C31H21NO/c32-28-18-7-3-12-22(28)23-13-9-17-27-30(23)33-29-19-8-6-16-26(29)31(27)24-14-4-1-10-20(24)21-11-2-5-15-25(21)31/h1-19H,32H2. The molecule has 1 heterocycles. The first-order valence-electron chi connectivity index (χ1n) is 11.3. The summed E-state index contributed by atoms with van der Waals surface area (Å²) in [5.41, 5.74) is 16.2. The van der Waals surface area contributed by atoms with Gasteiger partial charge in [0.1, 0.15) is 11.5 Å². The van der Waals surface area contributed by atoms with E-state index in [0.29, 0.717) is 0 Å². The minimum Gasteiger partial charge on any atom is -0.456 e. The third-order valence-corrected chi connectivity index (χ3v) is 7.13. The molecule has 7 rings (SSSR count). The first-order chi connectivity index (χ1) is 16.3. The molecule has 0 amide bonds. The van der Waals surface area contributed by atoms with E-state index in [1.54, 1.807) is 0 Å². The lowest BCUT2D eigenvalue weighted by molar-refractivity contribution is 0.438. The zero-order valence-electron chi connectivity index (χ0n) is 18.0. The summed E-state index contributed by atoms with van der Waals surface area (Å²) >= 11 is 0. The maximum atomic E-state index is 6.68. The van der Waals surface area contributed by atoms with Crippen molar-refractivity contribution < 1.29 is 4.74 Å². The zero-order chi connectivity index (χ0) is 22.0. The van der Waals surface area contributed by atoms with Gasteiger partial charge in [-0.05, 0) is 34.4 Å². The fraction of sp³-hybridized carbons (Fsp3) is 0.0323. The van der Waals surface area contributed by atoms with Crippen molar-refractivity contribution in [2.24, 2.45) is 0 Å². The van der Waals surface area contributed by atoms with Gasteiger partial charge in [0.25, 0.3) is 0 Å². The number of ether oxygens (including phenoxy) is 1. The normalized spacial score (nSPS) is 14.1. The van der Waals surface area contributed by atoms with Gasteiger partial charge in [0, 0.05) is 27.9 Å². The highest BCUT2D eigenvalue weighted by atomic mass is 16.5. The van der Waals surface area contributed by atoms with Crippen LogP contribution in [0.2, 0.25) is 0 Å². The topological polar surface area (TPSA) is 35.2 Å². The maximum Gasteiger partial charge on any atom is 0.140 e. The van der Waals surface area contributed by atoms with Gasteiger partial charge in [0.05, 0.1) is 5.41 Å². The van der Waals surface area contributed by atoms with Crippen molar-refractivity contribution in [1.82, 2.24) is 0 Å². The molecular formula is C31H21NO. The number of nitrogen functional groups attached to an aromatic ring is 1. The predicted molar refractivity (Wildman–Crippen MR) is 134 cm³/mol. The molecule has 5 aromatic carbocycles. The summed E-state index contributed by atoms with van der Waals surface area (Å²) in [6, 6.07) is 40.4. The Labute approximate surface area is 192 Å². The Balaban J connectivity index is 1.66. The summed E-state index contributed by atoms with van der Waals surface area (Å²) in [5, 5.41) is 0. The average Bonchev–Trinajstić information content (AvgIpc) is 3.16. The van der Waals surface area contributed by atoms with E-state index in [9.17, 15) is 0 Å². The molecule has 1 aliphatic heterocycles. The van der Waals surface area contributed by atoms with Gasteiger partial charge in [-0.15, -0.1) is 0 Å². The molecule has 1 spiro atoms. The van der Waals surface area contributed by atoms with Crippen LogP contribution in [0.25, 0.3) is 22.3 Å². The highest BCUT2D eigenvalue weighted by Gasteiger charge is 2.51. The Morgan fingerprint density at radius 2 is 0.970 bits per heavy atom. The maximum absolute atomic E-state index is 6.68. The molecule has 2 aliphatic rings. The molecule has 156 valence electrons. The van der Waals surface area contributed by atoms with Crippen molar-refractivity contribution in [3.8, 4) is 33.8 Å². The first kappa shape index (κ1) is 18.3. The lowest BCUT2D eigenvalue weighted by Crippen LogP contribution is -2.32. The summed E-state index contributed by atoms with van der Waals surface area (Å²) in [6.07, 6.45) is 0. The van der Waals surface area contributed by atoms with Crippen LogP contribution in [0.4, 0.5) is 5.69 Å². The van der Waals surface area contributed by atoms with Crippen LogP contribution in [-0.4, -0.2) is 0 Å². The Bertz CT molecular complexity index is 1520. The first-order valence-corrected chi connectivity index (χ1v) is 11.3. The third kappa shape index (κ3) is 2.27. The van der Waals surface area contributed by atoms with Gasteiger partial charge in [-0.1, -0.05) is 103 Å². The van der Waals surface area contributed by atoms with Crippen molar-refractivity contribution in [1.29, 1.82) is 0 Å². The molecule has 0 fully saturated rings. The van der Waals surface area contributed by atoms with Crippen LogP contribution in [0, 0.1) is 0 Å². The zero-order valence-corrected chi connectivity index (χ0v) is 18.0. The molecule has 2 nitrogen and oxygen atoms in total. The van der Waals surface area contributed by atoms with Crippen LogP contribution in [0.15, 0.2) is 115 Å². The second kappa shape index (κ2) is 6.60. The molecule has 0 saturated carbocycles. The smallest absolute Gasteiger partial charge is 0.140 e. The summed E-state index contributed by atoms with van der Waals surface area (Å²) in [7, 11) is 0. The lowest BCUT2D eigenvalue weighted by atomic mass is 9.65. The molecule has 0 atom stereocenters. The number of anilines is 1. The van der Waals surface area contributed by atoms with Gasteiger partial charge in [-0.2, -0.15) is 0 Å². The summed E-state index contributed by atoms with van der Waals surface area (Å²) in [6.45, 7) is 0. The van der Waals surface area contributed by atoms with E-state index < -0.39 is 5.41 Å². The van der Waals surface area contributed by atoms with Crippen LogP contribution in [0.5, 0.6) is 11.5 Å². The fourth-order valence-electron chi connectivity index (χ4n) is 5.83. The molecule has 5 aromatic rings. The molecule has 2 heteroatoms. The van der Waals surface area contributed by atoms with Crippen LogP contribution >= 0.6 is 0 Å². The summed E-state index contributed by atoms with van der Waals surface area (Å²) in [5.74, 6) is 1.76. The molecular weight excluding hydrogens is 402 g/mol. The van der Waals surface area contributed by atoms with E-state index in [-0.39, 0.29) is 0 Å². The van der Waals surface area contributed by atoms with E-state index >= 15 is 0 Å². The number of fused-ring (bicyclic) bond motifs is 9. The molecule has 2 N–H and O–H groups in total. The average molecular weight is 424 g/mol. The molecule has 0 radical (unpaired) electrons. The predicted octanol–water partition coefficient (Wildman–Crippen LogP) is 7.40. The van der Waals surface area contributed by atoms with Crippen molar-refractivity contribution in [2.75, 3.05) is 5.73 Å². The van der Waals surface area contributed by atoms with Gasteiger partial charge in [-0.25, -0.2) is 0 Å². The van der Waals surface area contributed by atoms with E-state index in [1.165, 1.54) is 27.8 Å². The number of hydrogen-bond acceptors (Lipinski definition) is 2. The Hall–Kier alpha value is -4.30. The largest absolute Gasteiger partial charge is 0.456 e. The van der Waals surface area contributed by atoms with Gasteiger partial charge in [0.15, 0.2) is 0 Å². The van der Waals surface area contributed by atoms with Crippen molar-refractivity contribution in [3.05, 3.63) is 138 Å². The fourth-order valence-corrected chi connectivity index (χ4v) is 5.83. The molecule has 0 unspecified atom stereocenters. The van der Waals surface area contributed by atoms with Crippen molar-refractivity contribution >= 4 is 5.69 Å². The highest BCUT2D eigenvalue weighted by Crippen LogP contribution is 2.63. The lowest BCUT2D eigenvalue weighted by Gasteiger charge is -2.40. The van der Waals surface area contributed by atoms with Crippen LogP contribution in [0.3, 0.4) is 0 Å². The summed E-state index contributed by atoms with van der Waals surface area (Å²) in [4.78, 5) is 0. The molecule has 33 heavy (non-hydrogen) atoms. The number of para-hydroxylation sites is 3. The third-order valence-electron chi connectivity index (χ3n) is 7.13. The number of rotatable bonds is 1. The van der Waals surface area contributed by atoms with E-state index in [1.807, 2.05) is 24.3 Å². The minimum atomic E-state index is -0.448. The monoisotopic (exact) mass is 423 g/mol. The molecule has 1 aliphatic carbocycles. The minimum absolute atomic E-state index is 0.448.